The number of aryl methyl sites for hydroxylation is 2. The van der Waals surface area contributed by atoms with Gasteiger partial charge in [0.1, 0.15) is 18.2 Å². The van der Waals surface area contributed by atoms with E-state index >= 15 is 0 Å². The van der Waals surface area contributed by atoms with Gasteiger partial charge in [-0.15, -0.1) is 0 Å². The molecule has 0 aliphatic rings. The van der Waals surface area contributed by atoms with E-state index < -0.39 is 5.91 Å². The molecule has 168 valence electrons. The van der Waals surface area contributed by atoms with Gasteiger partial charge in [-0.3, -0.25) is 4.79 Å². The van der Waals surface area contributed by atoms with Crippen LogP contribution in [0.5, 0.6) is 11.5 Å². The summed E-state index contributed by atoms with van der Waals surface area (Å²) in [5, 5.41) is 12.8. The van der Waals surface area contributed by atoms with Gasteiger partial charge in [-0.1, -0.05) is 47.5 Å². The van der Waals surface area contributed by atoms with Gasteiger partial charge in [0, 0.05) is 10.7 Å². The molecule has 7 heteroatoms. The molecule has 0 radical (unpaired) electrons. The summed E-state index contributed by atoms with van der Waals surface area (Å²) in [6.45, 7) is 4.30. The van der Waals surface area contributed by atoms with Crippen LogP contribution in [0.25, 0.3) is 6.08 Å². The Morgan fingerprint density at radius 1 is 1.15 bits per heavy atom. The maximum absolute atomic E-state index is 12.6. The molecule has 0 heterocycles. The average Bonchev–Trinajstić information content (AvgIpc) is 2.79. The predicted molar refractivity (Wildman–Crippen MR) is 140 cm³/mol. The first-order valence-corrected chi connectivity index (χ1v) is 11.5. The molecule has 5 nitrogen and oxygen atoms in total. The number of hydrogen-bond acceptors (Lipinski definition) is 4. The van der Waals surface area contributed by atoms with E-state index in [0.717, 1.165) is 14.7 Å². The Balaban J connectivity index is 1.81. The summed E-state index contributed by atoms with van der Waals surface area (Å²) in [6, 6.07) is 18.8. The minimum Gasteiger partial charge on any atom is -0.493 e. The number of carbonyl (C=O) groups is 1. The first-order valence-electron chi connectivity index (χ1n) is 10.1. The summed E-state index contributed by atoms with van der Waals surface area (Å²) in [5.41, 5.74) is 4.25. The van der Waals surface area contributed by atoms with Crippen LogP contribution >= 0.6 is 34.2 Å². The highest BCUT2D eigenvalue weighted by atomic mass is 127. The van der Waals surface area contributed by atoms with Crippen LogP contribution in [0.2, 0.25) is 5.02 Å². The number of anilines is 1. The molecular weight excluding hydrogens is 551 g/mol. The molecule has 1 N–H and O–H groups in total. The average molecular weight is 573 g/mol. The predicted octanol–water partition coefficient (Wildman–Crippen LogP) is 6.69. The zero-order valence-corrected chi connectivity index (χ0v) is 21.3. The number of amides is 1. The SMILES string of the molecule is COc1cc(/C=C(/C#N)C(=O)Nc2ccc(C)c(Cl)c2)cc(I)c1OCc1ccc(C)cc1. The van der Waals surface area contributed by atoms with Crippen LogP contribution in [0.4, 0.5) is 5.69 Å². The molecule has 3 aromatic carbocycles. The fraction of sp³-hybridized carbons (Fsp3) is 0.154. The third-order valence-electron chi connectivity index (χ3n) is 4.86. The van der Waals surface area contributed by atoms with Gasteiger partial charge in [-0.05, 0) is 83.5 Å². The minimum atomic E-state index is -0.522. The number of carbonyl (C=O) groups excluding carboxylic acids is 1. The lowest BCUT2D eigenvalue weighted by atomic mass is 10.1. The van der Waals surface area contributed by atoms with Crippen LogP contribution < -0.4 is 14.8 Å². The van der Waals surface area contributed by atoms with Gasteiger partial charge in [0.25, 0.3) is 5.91 Å². The van der Waals surface area contributed by atoms with Crippen LogP contribution in [0, 0.1) is 28.7 Å². The van der Waals surface area contributed by atoms with Gasteiger partial charge in [-0.25, -0.2) is 0 Å². The quantitative estimate of drug-likeness (QED) is 0.194. The standard InChI is InChI=1S/C26H22ClIN2O3/c1-16-4-7-18(8-5-16)15-33-25-23(28)11-19(12-24(25)32-3)10-20(14-29)26(31)30-21-9-6-17(2)22(27)13-21/h4-13H,15H2,1-3H3,(H,30,31)/b20-10-. The number of benzene rings is 3. The molecule has 33 heavy (non-hydrogen) atoms. The van der Waals surface area contributed by atoms with E-state index in [1.165, 1.54) is 11.6 Å². The summed E-state index contributed by atoms with van der Waals surface area (Å²) in [4.78, 5) is 12.6. The number of rotatable bonds is 7. The Hall–Kier alpha value is -3.02. The summed E-state index contributed by atoms with van der Waals surface area (Å²) < 4.78 is 12.3. The topological polar surface area (TPSA) is 71.3 Å². The van der Waals surface area contributed by atoms with Gasteiger partial charge in [0.2, 0.25) is 0 Å². The minimum absolute atomic E-state index is 0.0436. The lowest BCUT2D eigenvalue weighted by molar-refractivity contribution is -0.112. The first-order chi connectivity index (χ1) is 15.8. The second kappa shape index (κ2) is 11.2. The molecule has 0 saturated carbocycles. The highest BCUT2D eigenvalue weighted by molar-refractivity contribution is 14.1. The second-order valence-electron chi connectivity index (χ2n) is 7.40. The molecule has 0 aliphatic carbocycles. The number of methoxy groups -OCH3 is 1. The molecule has 0 aromatic heterocycles. The summed E-state index contributed by atoms with van der Waals surface area (Å²) >= 11 is 8.27. The highest BCUT2D eigenvalue weighted by Gasteiger charge is 2.14. The van der Waals surface area contributed by atoms with Crippen molar-refractivity contribution >= 4 is 51.9 Å². The largest absolute Gasteiger partial charge is 0.493 e. The van der Waals surface area contributed by atoms with E-state index in [2.05, 4.69) is 27.9 Å². The van der Waals surface area contributed by atoms with E-state index in [1.807, 2.05) is 50.2 Å². The molecule has 0 unspecified atom stereocenters. The van der Waals surface area contributed by atoms with Crippen molar-refractivity contribution in [3.05, 3.63) is 91.0 Å². The maximum atomic E-state index is 12.6. The number of hydrogen-bond donors (Lipinski definition) is 1. The number of nitrogens with zero attached hydrogens (tertiary/aromatic N) is 1. The molecule has 0 saturated heterocycles. The van der Waals surface area contributed by atoms with Crippen LogP contribution in [0.3, 0.4) is 0 Å². The molecule has 0 fully saturated rings. The van der Waals surface area contributed by atoms with E-state index in [9.17, 15) is 10.1 Å². The number of ether oxygens (including phenoxy) is 2. The zero-order valence-electron chi connectivity index (χ0n) is 18.4. The highest BCUT2D eigenvalue weighted by Crippen LogP contribution is 2.35. The molecule has 0 spiro atoms. The fourth-order valence-corrected chi connectivity index (χ4v) is 3.95. The van der Waals surface area contributed by atoms with Crippen molar-refractivity contribution in [2.45, 2.75) is 20.5 Å². The van der Waals surface area contributed by atoms with Crippen LogP contribution in [-0.2, 0) is 11.4 Å². The molecule has 1 amide bonds. The van der Waals surface area contributed by atoms with Crippen molar-refractivity contribution in [2.24, 2.45) is 0 Å². The number of halogens is 2. The number of nitriles is 1. The molecular formula is C26H22ClIN2O3. The van der Waals surface area contributed by atoms with Gasteiger partial charge >= 0.3 is 0 Å². The van der Waals surface area contributed by atoms with E-state index in [4.69, 9.17) is 21.1 Å². The zero-order chi connectivity index (χ0) is 24.0. The third-order valence-corrected chi connectivity index (χ3v) is 6.07. The Morgan fingerprint density at radius 2 is 1.88 bits per heavy atom. The first kappa shape index (κ1) is 24.6. The van der Waals surface area contributed by atoms with Crippen LogP contribution in [0.15, 0.2) is 60.2 Å². The normalized spacial score (nSPS) is 11.0. The van der Waals surface area contributed by atoms with Crippen molar-refractivity contribution in [1.82, 2.24) is 0 Å². The number of nitrogens with one attached hydrogen (secondary N) is 1. The molecule has 0 bridgehead atoms. The van der Waals surface area contributed by atoms with Gasteiger partial charge in [0.05, 0.1) is 10.7 Å². The lowest BCUT2D eigenvalue weighted by Gasteiger charge is -2.14. The van der Waals surface area contributed by atoms with Crippen molar-refractivity contribution < 1.29 is 14.3 Å². The van der Waals surface area contributed by atoms with Crippen molar-refractivity contribution in [1.29, 1.82) is 5.26 Å². The van der Waals surface area contributed by atoms with Gasteiger partial charge < -0.3 is 14.8 Å². The summed E-state index contributed by atoms with van der Waals surface area (Å²) in [5.74, 6) is 0.599. The van der Waals surface area contributed by atoms with Crippen molar-refractivity contribution in [3.63, 3.8) is 0 Å². The van der Waals surface area contributed by atoms with E-state index in [1.54, 1.807) is 31.4 Å². The molecule has 0 atom stereocenters. The summed E-state index contributed by atoms with van der Waals surface area (Å²) in [6.07, 6.45) is 1.51. The van der Waals surface area contributed by atoms with Crippen molar-refractivity contribution in [3.8, 4) is 17.6 Å². The Kier molecular flexibility index (Phi) is 8.37. The lowest BCUT2D eigenvalue weighted by Crippen LogP contribution is -2.13. The Morgan fingerprint density at radius 3 is 2.52 bits per heavy atom. The van der Waals surface area contributed by atoms with E-state index in [0.29, 0.717) is 34.4 Å². The van der Waals surface area contributed by atoms with Crippen LogP contribution in [0.1, 0.15) is 22.3 Å². The van der Waals surface area contributed by atoms with Crippen molar-refractivity contribution in [2.75, 3.05) is 12.4 Å². The summed E-state index contributed by atoms with van der Waals surface area (Å²) in [7, 11) is 1.55. The van der Waals surface area contributed by atoms with Gasteiger partial charge in [-0.2, -0.15) is 5.26 Å². The second-order valence-corrected chi connectivity index (χ2v) is 8.97. The molecule has 0 aliphatic heterocycles. The Bertz CT molecular complexity index is 1250. The monoisotopic (exact) mass is 572 g/mol. The Labute approximate surface area is 212 Å². The fourth-order valence-electron chi connectivity index (χ4n) is 2.99. The van der Waals surface area contributed by atoms with Crippen LogP contribution in [-0.4, -0.2) is 13.0 Å². The molecule has 3 rings (SSSR count). The van der Waals surface area contributed by atoms with Gasteiger partial charge in [0.15, 0.2) is 11.5 Å². The van der Waals surface area contributed by atoms with E-state index in [-0.39, 0.29) is 5.57 Å². The smallest absolute Gasteiger partial charge is 0.266 e. The third kappa shape index (κ3) is 6.50. The maximum Gasteiger partial charge on any atom is 0.266 e. The molecule has 3 aromatic rings.